The first kappa shape index (κ1) is 14.2. The molecule has 100 valence electrons. The molecule has 0 unspecified atom stereocenters. The smallest absolute Gasteiger partial charge is 0.343 e. The van der Waals surface area contributed by atoms with Crippen LogP contribution in [0.5, 0.6) is 0 Å². The van der Waals surface area contributed by atoms with Gasteiger partial charge >= 0.3 is 6.03 Å². The lowest BCUT2D eigenvalue weighted by Gasteiger charge is -2.13. The number of rotatable bonds is 2. The molecule has 0 aliphatic carbocycles. The highest BCUT2D eigenvalue weighted by Crippen LogP contribution is 2.25. The van der Waals surface area contributed by atoms with Gasteiger partial charge in [0.15, 0.2) is 5.82 Å². The Labute approximate surface area is 108 Å². The summed E-state index contributed by atoms with van der Waals surface area (Å²) in [5, 5.41) is 6.85. The van der Waals surface area contributed by atoms with Crippen LogP contribution < -0.4 is 5.32 Å². The molecule has 1 amide bonds. The summed E-state index contributed by atoms with van der Waals surface area (Å²) in [5.41, 5.74) is 0.707. The second-order valence-corrected chi connectivity index (χ2v) is 5.31. The van der Waals surface area contributed by atoms with Crippen LogP contribution in [0.3, 0.4) is 0 Å². The lowest BCUT2D eigenvalue weighted by molar-refractivity contribution is 0.241. The first-order chi connectivity index (χ1) is 8.25. The first-order valence-electron chi connectivity index (χ1n) is 5.79. The van der Waals surface area contributed by atoms with Crippen molar-refractivity contribution in [3.8, 4) is 0 Å². The quantitative estimate of drug-likeness (QED) is 0.641. The van der Waals surface area contributed by atoms with Gasteiger partial charge in [-0.1, -0.05) is 20.8 Å². The molecule has 0 atom stereocenters. The Balaban J connectivity index is 3.21. The van der Waals surface area contributed by atoms with Gasteiger partial charge in [-0.15, -0.1) is 0 Å². The van der Waals surface area contributed by atoms with Crippen LogP contribution in [0.25, 0.3) is 0 Å². The third-order valence-electron chi connectivity index (χ3n) is 2.29. The van der Waals surface area contributed by atoms with E-state index < -0.39 is 0 Å². The standard InChI is InChI=1S/C12H21N5O/c1-12(2,3)9-7-10(14-8-16(5)6)17(15-9)11(18)13-4/h7-8H,1-6H3,(H,13,18). The van der Waals surface area contributed by atoms with Gasteiger partial charge in [0, 0.05) is 32.6 Å². The van der Waals surface area contributed by atoms with Crippen molar-refractivity contribution in [2.24, 2.45) is 4.99 Å². The first-order valence-corrected chi connectivity index (χ1v) is 5.79. The van der Waals surface area contributed by atoms with Crippen LogP contribution in [0, 0.1) is 0 Å². The van der Waals surface area contributed by atoms with E-state index in [2.05, 4.69) is 15.4 Å². The number of carbonyl (C=O) groups is 1. The molecule has 1 aromatic rings. The minimum Gasteiger partial charge on any atom is -0.369 e. The summed E-state index contributed by atoms with van der Waals surface area (Å²) in [6, 6.07) is 1.53. The number of nitrogens with one attached hydrogen (secondary N) is 1. The molecule has 18 heavy (non-hydrogen) atoms. The van der Waals surface area contributed by atoms with Crippen LogP contribution in [0.15, 0.2) is 11.1 Å². The summed E-state index contributed by atoms with van der Waals surface area (Å²) >= 11 is 0. The number of carbonyl (C=O) groups excluding carboxylic acids is 1. The second kappa shape index (κ2) is 5.20. The molecular weight excluding hydrogens is 230 g/mol. The van der Waals surface area contributed by atoms with Crippen molar-refractivity contribution in [3.63, 3.8) is 0 Å². The van der Waals surface area contributed by atoms with E-state index in [0.29, 0.717) is 5.82 Å². The Hall–Kier alpha value is -1.85. The predicted molar refractivity (Wildman–Crippen MR) is 72.6 cm³/mol. The van der Waals surface area contributed by atoms with E-state index in [1.807, 2.05) is 40.9 Å². The molecule has 0 aromatic carbocycles. The molecule has 0 saturated heterocycles. The van der Waals surface area contributed by atoms with Gasteiger partial charge in [0.05, 0.1) is 12.0 Å². The van der Waals surface area contributed by atoms with Gasteiger partial charge < -0.3 is 10.2 Å². The monoisotopic (exact) mass is 251 g/mol. The summed E-state index contributed by atoms with van der Waals surface area (Å²) in [6.45, 7) is 6.13. The van der Waals surface area contributed by atoms with Crippen LogP contribution in [-0.4, -0.2) is 48.2 Å². The van der Waals surface area contributed by atoms with Gasteiger partial charge in [0.25, 0.3) is 0 Å². The molecule has 0 aliphatic heterocycles. The van der Waals surface area contributed by atoms with E-state index in [0.717, 1.165) is 5.69 Å². The topological polar surface area (TPSA) is 62.5 Å². The third-order valence-corrected chi connectivity index (χ3v) is 2.29. The molecule has 1 N–H and O–H groups in total. The third kappa shape index (κ3) is 3.32. The molecule has 0 bridgehead atoms. The maximum atomic E-state index is 11.7. The fourth-order valence-electron chi connectivity index (χ4n) is 1.26. The van der Waals surface area contributed by atoms with Gasteiger partial charge in [0.2, 0.25) is 0 Å². The second-order valence-electron chi connectivity index (χ2n) is 5.31. The van der Waals surface area contributed by atoms with Crippen molar-refractivity contribution in [2.75, 3.05) is 21.1 Å². The predicted octanol–water partition coefficient (Wildman–Crippen LogP) is 1.59. The highest BCUT2D eigenvalue weighted by Gasteiger charge is 2.21. The van der Waals surface area contributed by atoms with E-state index in [1.54, 1.807) is 18.3 Å². The Morgan fingerprint density at radius 3 is 2.56 bits per heavy atom. The van der Waals surface area contributed by atoms with E-state index in [1.165, 1.54) is 4.68 Å². The Morgan fingerprint density at radius 1 is 1.50 bits per heavy atom. The van der Waals surface area contributed by atoms with Crippen molar-refractivity contribution in [1.82, 2.24) is 20.0 Å². The molecule has 1 aromatic heterocycles. The molecule has 0 radical (unpaired) electrons. The minimum atomic E-state index is -0.295. The van der Waals surface area contributed by atoms with Gasteiger partial charge in [0.1, 0.15) is 0 Å². The van der Waals surface area contributed by atoms with E-state index >= 15 is 0 Å². The number of aliphatic imine (C=N–C) groups is 1. The molecule has 0 saturated carbocycles. The molecule has 6 heteroatoms. The van der Waals surface area contributed by atoms with Gasteiger partial charge in [-0.2, -0.15) is 9.78 Å². The summed E-state index contributed by atoms with van der Waals surface area (Å²) < 4.78 is 1.28. The van der Waals surface area contributed by atoms with Crippen molar-refractivity contribution in [2.45, 2.75) is 26.2 Å². The summed E-state index contributed by atoms with van der Waals surface area (Å²) in [7, 11) is 5.31. The normalized spacial score (nSPS) is 11.9. The lowest BCUT2D eigenvalue weighted by Crippen LogP contribution is -2.26. The fraction of sp³-hybridized carbons (Fsp3) is 0.583. The molecule has 0 aliphatic rings. The highest BCUT2D eigenvalue weighted by molar-refractivity contribution is 5.79. The molecule has 0 spiro atoms. The summed E-state index contributed by atoms with van der Waals surface area (Å²) in [5.74, 6) is 0.521. The van der Waals surface area contributed by atoms with Crippen LogP contribution in [0.4, 0.5) is 10.6 Å². The van der Waals surface area contributed by atoms with Gasteiger partial charge in [-0.05, 0) is 0 Å². The zero-order chi connectivity index (χ0) is 13.9. The van der Waals surface area contributed by atoms with Crippen molar-refractivity contribution < 1.29 is 4.79 Å². The van der Waals surface area contributed by atoms with Crippen LogP contribution in [-0.2, 0) is 5.41 Å². The average Bonchev–Trinajstić information content (AvgIpc) is 2.68. The maximum Gasteiger partial charge on any atom is 0.343 e. The van der Waals surface area contributed by atoms with Crippen molar-refractivity contribution >= 4 is 18.2 Å². The lowest BCUT2D eigenvalue weighted by atomic mass is 9.92. The maximum absolute atomic E-state index is 11.7. The minimum absolute atomic E-state index is 0.123. The number of nitrogens with zero attached hydrogens (tertiary/aromatic N) is 4. The number of hydrogen-bond acceptors (Lipinski definition) is 3. The molecular formula is C12H21N5O. The largest absolute Gasteiger partial charge is 0.369 e. The number of hydrogen-bond donors (Lipinski definition) is 1. The van der Waals surface area contributed by atoms with Crippen molar-refractivity contribution in [1.29, 1.82) is 0 Å². The Morgan fingerprint density at radius 2 is 2.11 bits per heavy atom. The Bertz CT molecular complexity index is 454. The van der Waals surface area contributed by atoms with E-state index in [4.69, 9.17) is 0 Å². The molecule has 0 fully saturated rings. The van der Waals surface area contributed by atoms with Crippen LogP contribution in [0.2, 0.25) is 0 Å². The van der Waals surface area contributed by atoms with Crippen molar-refractivity contribution in [3.05, 3.63) is 11.8 Å². The van der Waals surface area contributed by atoms with E-state index in [9.17, 15) is 4.79 Å². The molecule has 1 rings (SSSR count). The molecule has 1 heterocycles. The molecule has 6 nitrogen and oxygen atoms in total. The highest BCUT2D eigenvalue weighted by atomic mass is 16.2. The van der Waals surface area contributed by atoms with Gasteiger partial charge in [-0.3, -0.25) is 0 Å². The summed E-state index contributed by atoms with van der Waals surface area (Å²) in [4.78, 5) is 17.8. The number of aromatic nitrogens is 2. The van der Waals surface area contributed by atoms with Crippen LogP contribution >= 0.6 is 0 Å². The Kier molecular flexibility index (Phi) is 4.11. The fourth-order valence-corrected chi connectivity index (χ4v) is 1.26. The zero-order valence-electron chi connectivity index (χ0n) is 11.9. The summed E-state index contributed by atoms with van der Waals surface area (Å²) in [6.07, 6.45) is 1.64. The SMILES string of the molecule is CNC(=O)n1nc(C(C)(C)C)cc1N=CN(C)C. The number of amides is 1. The van der Waals surface area contributed by atoms with Gasteiger partial charge in [-0.25, -0.2) is 9.79 Å². The average molecular weight is 251 g/mol. The van der Waals surface area contributed by atoms with Crippen LogP contribution in [0.1, 0.15) is 26.5 Å². The van der Waals surface area contributed by atoms with E-state index in [-0.39, 0.29) is 11.4 Å². The zero-order valence-corrected chi connectivity index (χ0v) is 11.9.